The van der Waals surface area contributed by atoms with Crippen LogP contribution >= 0.6 is 11.8 Å². The third kappa shape index (κ3) is 2.80. The molecule has 4 aliphatic carbocycles. The normalized spacial score (nSPS) is 36.7. The highest BCUT2D eigenvalue weighted by Crippen LogP contribution is 2.68. The zero-order valence-electron chi connectivity index (χ0n) is 15.4. The summed E-state index contributed by atoms with van der Waals surface area (Å²) >= 11 is 1.81. The van der Waals surface area contributed by atoms with Crippen molar-refractivity contribution in [1.82, 2.24) is 0 Å². The van der Waals surface area contributed by atoms with Crippen molar-refractivity contribution >= 4 is 11.8 Å². The Balaban J connectivity index is 1.54. The van der Waals surface area contributed by atoms with Crippen LogP contribution in [-0.4, -0.2) is 16.2 Å². The summed E-state index contributed by atoms with van der Waals surface area (Å²) < 4.78 is -0.250. The lowest BCUT2D eigenvalue weighted by molar-refractivity contribution is -0.490. The number of thioether (sulfide) groups is 1. The van der Waals surface area contributed by atoms with Crippen molar-refractivity contribution in [3.05, 3.63) is 76.3 Å². The Labute approximate surface area is 164 Å². The van der Waals surface area contributed by atoms with E-state index in [0.717, 1.165) is 18.8 Å². The van der Waals surface area contributed by atoms with Gasteiger partial charge in [-0.25, -0.2) is 0 Å². The number of nitro groups is 1. The van der Waals surface area contributed by atoms with E-state index in [0.29, 0.717) is 11.8 Å². The predicted octanol–water partition coefficient (Wildman–Crippen LogP) is 5.57. The molecule has 3 nitrogen and oxygen atoms in total. The minimum absolute atomic E-state index is 0.0482. The molecule has 4 aliphatic rings. The molecule has 0 radical (unpaired) electrons. The van der Waals surface area contributed by atoms with E-state index in [1.165, 1.54) is 29.7 Å². The zero-order chi connectivity index (χ0) is 18.5. The van der Waals surface area contributed by atoms with Gasteiger partial charge in [0, 0.05) is 9.82 Å². The smallest absolute Gasteiger partial charge is 0.219 e. The van der Waals surface area contributed by atoms with Crippen LogP contribution in [-0.2, 0) is 5.41 Å². The molecule has 0 saturated heterocycles. The van der Waals surface area contributed by atoms with Crippen LogP contribution in [0.15, 0.2) is 65.6 Å². The van der Waals surface area contributed by atoms with Gasteiger partial charge in [-0.05, 0) is 73.0 Å². The molecule has 0 amide bonds. The third-order valence-corrected chi connectivity index (χ3v) is 9.07. The Hall–Kier alpha value is -1.81. The van der Waals surface area contributed by atoms with Gasteiger partial charge in [0.05, 0.1) is 4.75 Å². The van der Waals surface area contributed by atoms with Crippen LogP contribution in [0.5, 0.6) is 0 Å². The lowest BCUT2D eigenvalue weighted by Crippen LogP contribution is -2.63. The first-order valence-electron chi connectivity index (χ1n) is 10.0. The van der Waals surface area contributed by atoms with E-state index in [4.69, 9.17) is 0 Å². The van der Waals surface area contributed by atoms with Crippen molar-refractivity contribution in [2.75, 3.05) is 6.54 Å². The maximum Gasteiger partial charge on any atom is 0.219 e. The molecule has 0 heterocycles. The van der Waals surface area contributed by atoms with Gasteiger partial charge < -0.3 is 0 Å². The number of hydrogen-bond acceptors (Lipinski definition) is 3. The van der Waals surface area contributed by atoms with Crippen molar-refractivity contribution in [1.29, 1.82) is 0 Å². The second kappa shape index (κ2) is 6.37. The van der Waals surface area contributed by atoms with Gasteiger partial charge in [0.25, 0.3) is 0 Å². The highest BCUT2D eigenvalue weighted by molar-refractivity contribution is 8.00. The molecule has 0 spiro atoms. The van der Waals surface area contributed by atoms with Gasteiger partial charge in [0.15, 0.2) is 0 Å². The summed E-state index contributed by atoms with van der Waals surface area (Å²) in [6, 6.07) is 21.3. The molecule has 4 fully saturated rings. The van der Waals surface area contributed by atoms with E-state index in [2.05, 4.69) is 42.5 Å². The summed E-state index contributed by atoms with van der Waals surface area (Å²) in [6.45, 7) is 0.0967. The third-order valence-electron chi connectivity index (χ3n) is 7.38. The first-order chi connectivity index (χ1) is 13.1. The van der Waals surface area contributed by atoms with Gasteiger partial charge in [-0.1, -0.05) is 48.5 Å². The van der Waals surface area contributed by atoms with Crippen LogP contribution in [0.1, 0.15) is 37.7 Å². The Morgan fingerprint density at radius 1 is 0.926 bits per heavy atom. The quantitative estimate of drug-likeness (QED) is 0.504. The van der Waals surface area contributed by atoms with Crippen molar-refractivity contribution in [2.45, 2.75) is 47.2 Å². The predicted molar refractivity (Wildman–Crippen MR) is 109 cm³/mol. The fourth-order valence-electron chi connectivity index (χ4n) is 6.57. The molecule has 2 aromatic carbocycles. The first-order valence-corrected chi connectivity index (χ1v) is 10.8. The second-order valence-electron chi connectivity index (χ2n) is 8.85. The van der Waals surface area contributed by atoms with Crippen molar-refractivity contribution in [2.24, 2.45) is 17.8 Å². The fraction of sp³-hybridized carbons (Fsp3) is 0.478. The molecule has 3 unspecified atom stereocenters. The Bertz CT molecular complexity index is 822. The fourth-order valence-corrected chi connectivity index (χ4v) is 8.16. The molecule has 0 N–H and O–H groups in total. The van der Waals surface area contributed by atoms with Gasteiger partial charge in [-0.15, -0.1) is 11.8 Å². The van der Waals surface area contributed by atoms with E-state index < -0.39 is 0 Å². The average molecular weight is 380 g/mol. The standard InChI is InChI=1S/C23H25NO2S/c25-24(26)16-23(27-21-9-5-2-6-10-21)19-11-17-12-20(23)15-22(13-17,14-19)18-7-3-1-4-8-18/h1-10,17,19-20H,11-16H2/t17?,19-,20+,22?,23?. The van der Waals surface area contributed by atoms with Crippen LogP contribution in [0.25, 0.3) is 0 Å². The van der Waals surface area contributed by atoms with Gasteiger partial charge in [0.2, 0.25) is 6.54 Å². The minimum Gasteiger partial charge on any atom is -0.264 e. The largest absolute Gasteiger partial charge is 0.264 e. The van der Waals surface area contributed by atoms with Crippen LogP contribution < -0.4 is 0 Å². The summed E-state index contributed by atoms with van der Waals surface area (Å²) in [4.78, 5) is 12.9. The SMILES string of the molecule is O=[N+]([O-])CC1(Sc2ccccc2)[C@@H]2CC3C[C@H]1CC(c1ccccc1)(C3)C2. The number of hydrogen-bond donors (Lipinski definition) is 0. The molecule has 6 rings (SSSR count). The second-order valence-corrected chi connectivity index (χ2v) is 10.3. The van der Waals surface area contributed by atoms with Gasteiger partial charge in [-0.3, -0.25) is 10.1 Å². The van der Waals surface area contributed by atoms with Crippen LogP contribution in [0, 0.1) is 27.9 Å². The number of rotatable bonds is 5. The summed E-state index contributed by atoms with van der Waals surface area (Å²) in [6.07, 6.45) is 5.82. The Kier molecular flexibility index (Phi) is 4.08. The van der Waals surface area contributed by atoms with Crippen LogP contribution in [0.2, 0.25) is 0 Å². The van der Waals surface area contributed by atoms with E-state index in [1.807, 2.05) is 30.0 Å². The molecule has 27 heavy (non-hydrogen) atoms. The number of benzene rings is 2. The molecule has 4 bridgehead atoms. The lowest BCUT2D eigenvalue weighted by Gasteiger charge is -2.64. The summed E-state index contributed by atoms with van der Waals surface area (Å²) in [5, 5.41) is 11.7. The molecular weight excluding hydrogens is 354 g/mol. The first kappa shape index (κ1) is 17.3. The number of nitrogens with zero attached hydrogens (tertiary/aromatic N) is 1. The van der Waals surface area contributed by atoms with Crippen LogP contribution in [0.4, 0.5) is 0 Å². The highest BCUT2D eigenvalue weighted by atomic mass is 32.2. The van der Waals surface area contributed by atoms with E-state index in [-0.39, 0.29) is 21.6 Å². The van der Waals surface area contributed by atoms with E-state index in [9.17, 15) is 10.1 Å². The Morgan fingerprint density at radius 2 is 1.52 bits per heavy atom. The molecule has 140 valence electrons. The van der Waals surface area contributed by atoms with E-state index in [1.54, 1.807) is 0 Å². The van der Waals surface area contributed by atoms with Crippen molar-refractivity contribution in [3.63, 3.8) is 0 Å². The monoisotopic (exact) mass is 379 g/mol. The van der Waals surface area contributed by atoms with Crippen molar-refractivity contribution in [3.8, 4) is 0 Å². The zero-order valence-corrected chi connectivity index (χ0v) is 16.2. The van der Waals surface area contributed by atoms with E-state index >= 15 is 0 Å². The Morgan fingerprint density at radius 3 is 2.11 bits per heavy atom. The molecule has 0 aromatic heterocycles. The van der Waals surface area contributed by atoms with Gasteiger partial charge in [-0.2, -0.15) is 0 Å². The molecule has 5 atom stereocenters. The lowest BCUT2D eigenvalue weighted by atomic mass is 9.44. The van der Waals surface area contributed by atoms with Crippen molar-refractivity contribution < 1.29 is 4.92 Å². The van der Waals surface area contributed by atoms with Gasteiger partial charge in [0.1, 0.15) is 0 Å². The maximum absolute atomic E-state index is 11.7. The molecule has 2 aromatic rings. The molecular formula is C23H25NO2S. The molecule has 4 heteroatoms. The van der Waals surface area contributed by atoms with Crippen LogP contribution in [0.3, 0.4) is 0 Å². The van der Waals surface area contributed by atoms with Gasteiger partial charge >= 0.3 is 0 Å². The summed E-state index contributed by atoms with van der Waals surface area (Å²) in [7, 11) is 0. The topological polar surface area (TPSA) is 43.1 Å². The highest BCUT2D eigenvalue weighted by Gasteiger charge is 2.64. The molecule has 4 saturated carbocycles. The molecule has 0 aliphatic heterocycles. The maximum atomic E-state index is 11.7. The average Bonchev–Trinajstić information content (AvgIpc) is 2.66. The summed E-state index contributed by atoms with van der Waals surface area (Å²) in [5.41, 5.74) is 1.71. The minimum atomic E-state index is -0.250. The summed E-state index contributed by atoms with van der Waals surface area (Å²) in [5.74, 6) is 1.60.